The molecule has 0 aromatic heterocycles. The highest BCUT2D eigenvalue weighted by molar-refractivity contribution is 6.01. The zero-order valence-corrected chi connectivity index (χ0v) is 11.9. The molecule has 0 saturated carbocycles. The Kier molecular flexibility index (Phi) is 4.40. The van der Waals surface area contributed by atoms with Crippen LogP contribution in [0.2, 0.25) is 0 Å². The zero-order chi connectivity index (χ0) is 16.3. The van der Waals surface area contributed by atoms with Gasteiger partial charge < -0.3 is 20.1 Å². The predicted octanol–water partition coefficient (Wildman–Crippen LogP) is 0.962. The molecule has 8 heteroatoms. The van der Waals surface area contributed by atoms with Crippen molar-refractivity contribution in [2.75, 3.05) is 24.9 Å². The molecular weight excluding hydrogens is 295 g/mol. The van der Waals surface area contributed by atoms with E-state index in [0.29, 0.717) is 11.3 Å². The van der Waals surface area contributed by atoms with Crippen molar-refractivity contribution in [1.29, 1.82) is 0 Å². The summed E-state index contributed by atoms with van der Waals surface area (Å²) in [7, 11) is 2.26. The second kappa shape index (κ2) is 6.25. The van der Waals surface area contributed by atoms with Crippen molar-refractivity contribution in [3.05, 3.63) is 35.3 Å². The lowest BCUT2D eigenvalue weighted by atomic mass is 10.1. The molecule has 1 aromatic carbocycles. The van der Waals surface area contributed by atoms with Gasteiger partial charge in [-0.15, -0.1) is 0 Å². The molecule has 22 heavy (non-hydrogen) atoms. The van der Waals surface area contributed by atoms with Gasteiger partial charge in [0.25, 0.3) is 0 Å². The normalized spacial score (nSPS) is 13.2. The number of hydrogen-bond donors (Lipinski definition) is 2. The summed E-state index contributed by atoms with van der Waals surface area (Å²) in [5.41, 5.74) is 0.583. The van der Waals surface area contributed by atoms with Gasteiger partial charge in [0.1, 0.15) is 11.5 Å². The summed E-state index contributed by atoms with van der Waals surface area (Å²) in [5.74, 6) is -2.59. The second-order valence-corrected chi connectivity index (χ2v) is 4.41. The number of methoxy groups -OCH3 is 2. The van der Waals surface area contributed by atoms with Crippen molar-refractivity contribution in [2.45, 2.75) is 6.42 Å². The summed E-state index contributed by atoms with van der Waals surface area (Å²) in [6, 6.07) is 2.52. The maximum Gasteiger partial charge on any atom is 0.354 e. The van der Waals surface area contributed by atoms with Crippen LogP contribution in [-0.4, -0.2) is 32.1 Å². The molecular formula is C14H13FN2O5. The fourth-order valence-corrected chi connectivity index (χ4v) is 1.92. The number of amides is 1. The topological polar surface area (TPSA) is 93.7 Å². The minimum absolute atomic E-state index is 0.0819. The quantitative estimate of drug-likeness (QED) is 0.636. The smallest absolute Gasteiger partial charge is 0.354 e. The molecule has 1 heterocycles. The first-order valence-electron chi connectivity index (χ1n) is 6.22. The SMILES string of the molecule is COC(=O)/C=C(/Nc1cc2c(cc1F)CC(=O)N2)C(=O)OC. The van der Waals surface area contributed by atoms with Crippen LogP contribution in [0.15, 0.2) is 23.9 Å². The first-order chi connectivity index (χ1) is 10.4. The van der Waals surface area contributed by atoms with Gasteiger partial charge in [0.05, 0.1) is 32.4 Å². The molecule has 0 bridgehead atoms. The number of halogens is 1. The van der Waals surface area contributed by atoms with Crippen LogP contribution < -0.4 is 10.6 Å². The summed E-state index contributed by atoms with van der Waals surface area (Å²) in [6.45, 7) is 0. The van der Waals surface area contributed by atoms with Gasteiger partial charge in [0, 0.05) is 5.69 Å². The highest BCUT2D eigenvalue weighted by atomic mass is 19.1. The molecule has 0 saturated heterocycles. The first-order valence-corrected chi connectivity index (χ1v) is 6.22. The number of carbonyl (C=O) groups excluding carboxylic acids is 3. The summed E-state index contributed by atoms with van der Waals surface area (Å²) < 4.78 is 22.9. The minimum atomic E-state index is -0.866. The van der Waals surface area contributed by atoms with Crippen LogP contribution in [0.4, 0.5) is 15.8 Å². The lowest BCUT2D eigenvalue weighted by Crippen LogP contribution is -2.16. The Morgan fingerprint density at radius 2 is 2.05 bits per heavy atom. The number of nitrogens with one attached hydrogen (secondary N) is 2. The van der Waals surface area contributed by atoms with Gasteiger partial charge in [0.15, 0.2) is 0 Å². The summed E-state index contributed by atoms with van der Waals surface area (Å²) in [6.07, 6.45) is 0.936. The fourth-order valence-electron chi connectivity index (χ4n) is 1.92. The molecule has 2 N–H and O–H groups in total. The molecule has 1 aromatic rings. The first kappa shape index (κ1) is 15.5. The molecule has 2 rings (SSSR count). The van der Waals surface area contributed by atoms with Crippen LogP contribution in [0.3, 0.4) is 0 Å². The van der Waals surface area contributed by atoms with Gasteiger partial charge in [-0.1, -0.05) is 0 Å². The Bertz CT molecular complexity index is 684. The number of ether oxygens (including phenoxy) is 2. The van der Waals surface area contributed by atoms with E-state index in [4.69, 9.17) is 0 Å². The molecule has 0 atom stereocenters. The Hall–Kier alpha value is -2.90. The van der Waals surface area contributed by atoms with Crippen molar-refractivity contribution in [3.8, 4) is 0 Å². The molecule has 1 aliphatic rings. The number of fused-ring (bicyclic) bond motifs is 1. The Morgan fingerprint density at radius 1 is 1.32 bits per heavy atom. The van der Waals surface area contributed by atoms with Crippen LogP contribution in [0.25, 0.3) is 0 Å². The summed E-state index contributed by atoms with van der Waals surface area (Å²) >= 11 is 0. The van der Waals surface area contributed by atoms with Crippen LogP contribution in [0.5, 0.6) is 0 Å². The maximum atomic E-state index is 14.0. The monoisotopic (exact) mass is 308 g/mol. The van der Waals surface area contributed by atoms with Crippen molar-refractivity contribution >= 4 is 29.2 Å². The fraction of sp³-hybridized carbons (Fsp3) is 0.214. The van der Waals surface area contributed by atoms with Gasteiger partial charge in [-0.25, -0.2) is 14.0 Å². The number of anilines is 2. The molecule has 1 aliphatic heterocycles. The molecule has 0 fully saturated rings. The van der Waals surface area contributed by atoms with E-state index >= 15 is 0 Å². The van der Waals surface area contributed by atoms with E-state index in [2.05, 4.69) is 20.1 Å². The largest absolute Gasteiger partial charge is 0.466 e. The van der Waals surface area contributed by atoms with Crippen LogP contribution in [-0.2, 0) is 30.3 Å². The Morgan fingerprint density at radius 3 is 2.68 bits per heavy atom. The number of benzene rings is 1. The van der Waals surface area contributed by atoms with E-state index in [1.807, 2.05) is 0 Å². The van der Waals surface area contributed by atoms with Crippen molar-refractivity contribution in [3.63, 3.8) is 0 Å². The van der Waals surface area contributed by atoms with Crippen LogP contribution >= 0.6 is 0 Å². The van der Waals surface area contributed by atoms with Gasteiger partial charge in [-0.2, -0.15) is 0 Å². The molecule has 7 nitrogen and oxygen atoms in total. The molecule has 1 amide bonds. The Labute approximate surface area is 125 Å². The number of hydrogen-bond acceptors (Lipinski definition) is 6. The Balaban J connectivity index is 2.33. The van der Waals surface area contributed by atoms with Crippen LogP contribution in [0.1, 0.15) is 5.56 Å². The van der Waals surface area contributed by atoms with Crippen molar-refractivity contribution < 1.29 is 28.2 Å². The van der Waals surface area contributed by atoms with Gasteiger partial charge in [-0.3, -0.25) is 4.79 Å². The van der Waals surface area contributed by atoms with Crippen LogP contribution in [0, 0.1) is 5.82 Å². The molecule has 0 aliphatic carbocycles. The standard InChI is InChI=1S/C14H13FN2O5/c1-21-13(19)6-11(14(20)22-2)16-10-5-9-7(3-8(10)15)4-12(18)17-9/h3,5-6,16H,4H2,1-2H3,(H,17,18)/b11-6+. The molecule has 0 radical (unpaired) electrons. The summed E-state index contributed by atoms with van der Waals surface area (Å²) in [4.78, 5) is 34.1. The number of rotatable bonds is 4. The minimum Gasteiger partial charge on any atom is -0.466 e. The zero-order valence-electron chi connectivity index (χ0n) is 11.9. The highest BCUT2D eigenvalue weighted by Crippen LogP contribution is 2.29. The van der Waals surface area contributed by atoms with E-state index in [-0.39, 0.29) is 23.7 Å². The maximum absolute atomic E-state index is 14.0. The van der Waals surface area contributed by atoms with Gasteiger partial charge in [0.2, 0.25) is 5.91 Å². The number of esters is 2. The van der Waals surface area contributed by atoms with E-state index in [1.165, 1.54) is 12.1 Å². The third kappa shape index (κ3) is 3.22. The molecule has 0 unspecified atom stereocenters. The highest BCUT2D eigenvalue weighted by Gasteiger charge is 2.22. The summed E-state index contributed by atoms with van der Waals surface area (Å²) in [5, 5.41) is 5.03. The van der Waals surface area contributed by atoms with Crippen molar-refractivity contribution in [1.82, 2.24) is 0 Å². The third-order valence-corrected chi connectivity index (χ3v) is 2.96. The van der Waals surface area contributed by atoms with E-state index < -0.39 is 17.8 Å². The third-order valence-electron chi connectivity index (χ3n) is 2.96. The van der Waals surface area contributed by atoms with E-state index in [1.54, 1.807) is 0 Å². The molecule has 116 valence electrons. The predicted molar refractivity (Wildman–Crippen MR) is 74.5 cm³/mol. The average molecular weight is 308 g/mol. The van der Waals surface area contributed by atoms with E-state index in [0.717, 1.165) is 20.3 Å². The lowest BCUT2D eigenvalue weighted by molar-refractivity contribution is -0.138. The van der Waals surface area contributed by atoms with E-state index in [9.17, 15) is 18.8 Å². The second-order valence-electron chi connectivity index (χ2n) is 4.41. The van der Waals surface area contributed by atoms with Crippen molar-refractivity contribution in [2.24, 2.45) is 0 Å². The lowest BCUT2D eigenvalue weighted by Gasteiger charge is -2.11. The number of carbonyl (C=O) groups is 3. The molecule has 0 spiro atoms. The average Bonchev–Trinajstić information content (AvgIpc) is 2.84. The van der Waals surface area contributed by atoms with Gasteiger partial charge >= 0.3 is 11.9 Å². The van der Waals surface area contributed by atoms with Gasteiger partial charge in [-0.05, 0) is 17.7 Å².